The fourth-order valence-corrected chi connectivity index (χ4v) is 0.719. The Morgan fingerprint density at radius 1 is 0.739 bits per heavy atom. The molecule has 0 aliphatic rings. The Morgan fingerprint density at radius 2 is 1.13 bits per heavy atom. The molecule has 2 heteroatoms. The molecule has 0 aromatic rings. The van der Waals surface area contributed by atoms with Crippen LogP contribution in [-0.2, 0) is 0 Å². The molecule has 0 nitrogen and oxygen atoms in total. The molecule has 0 aliphatic carbocycles. The summed E-state index contributed by atoms with van der Waals surface area (Å²) in [5.74, 6) is -0.147. The summed E-state index contributed by atoms with van der Waals surface area (Å²) in [4.78, 5) is 0. The highest BCUT2D eigenvalue weighted by Gasteiger charge is 1.79. The van der Waals surface area contributed by atoms with Crippen LogP contribution in [0.15, 0.2) is 46.3 Å². The smallest absolute Gasteiger partial charge is 0.0968 e. The minimum atomic E-state index is -0.147. The van der Waals surface area contributed by atoms with Crippen LogP contribution in [0.25, 0.3) is 0 Å². The maximum Gasteiger partial charge on any atom is 0.0968 e. The van der Waals surface area contributed by atoms with Gasteiger partial charge in [-0.25, -0.2) is 4.39 Å². The molecule has 0 spiro atoms. The molecule has 0 aromatic heterocycles. The van der Waals surface area contributed by atoms with E-state index < -0.39 is 0 Å². The zero-order chi connectivity index (χ0) is 19.8. The molecule has 23 heavy (non-hydrogen) atoms. The molecule has 0 amide bonds. The minimum absolute atomic E-state index is 0.147. The standard InChI is InChI=1S/C8H13Cl.C7H11F.3C2H6/c1-4-7(2)5-6-8(3)9;1-6(2)4-5-7(3)8;3*1-2/h5-6H,4H2,1-3H3;4-5H,1-3H3;3*1-2H3/b7-5-,8-6+;7-5+;;;. The Labute approximate surface area is 152 Å². The van der Waals surface area contributed by atoms with Crippen LogP contribution in [0, 0.1) is 0 Å². The zero-order valence-corrected chi connectivity index (χ0v) is 18.5. The van der Waals surface area contributed by atoms with E-state index in [0.29, 0.717) is 0 Å². The normalized spacial score (nSPS) is 10.3. The first kappa shape index (κ1) is 33.7. The van der Waals surface area contributed by atoms with E-state index >= 15 is 0 Å². The fraction of sp³-hybridized carbons (Fsp3) is 0.619. The van der Waals surface area contributed by atoms with Crippen molar-refractivity contribution in [2.75, 3.05) is 0 Å². The molecule has 0 heterocycles. The van der Waals surface area contributed by atoms with Crippen molar-refractivity contribution in [3.05, 3.63) is 46.3 Å². The van der Waals surface area contributed by atoms with E-state index in [9.17, 15) is 4.39 Å². The summed E-state index contributed by atoms with van der Waals surface area (Å²) in [5.41, 5.74) is 2.47. The molecule has 140 valence electrons. The van der Waals surface area contributed by atoms with Crippen molar-refractivity contribution < 1.29 is 4.39 Å². The second kappa shape index (κ2) is 32.9. The molecule has 0 rings (SSSR count). The fourth-order valence-electron chi connectivity index (χ4n) is 0.656. The van der Waals surface area contributed by atoms with E-state index in [2.05, 4.69) is 13.8 Å². The van der Waals surface area contributed by atoms with Gasteiger partial charge < -0.3 is 0 Å². The Hall–Kier alpha value is -0.820. The lowest BCUT2D eigenvalue weighted by Gasteiger charge is -1.88. The van der Waals surface area contributed by atoms with Crippen molar-refractivity contribution in [1.29, 1.82) is 0 Å². The van der Waals surface area contributed by atoms with Crippen LogP contribution in [0.1, 0.15) is 89.5 Å². The molecule has 0 saturated heterocycles. The Balaban J connectivity index is -0.0000000709. The Bertz CT molecular complexity index is 293. The van der Waals surface area contributed by atoms with Gasteiger partial charge in [0, 0.05) is 5.03 Å². The van der Waals surface area contributed by atoms with Gasteiger partial charge >= 0.3 is 0 Å². The predicted molar refractivity (Wildman–Crippen MR) is 112 cm³/mol. The van der Waals surface area contributed by atoms with Gasteiger partial charge in [-0.1, -0.05) is 83.4 Å². The van der Waals surface area contributed by atoms with Crippen LogP contribution in [-0.4, -0.2) is 0 Å². The van der Waals surface area contributed by atoms with E-state index in [4.69, 9.17) is 11.6 Å². The summed E-state index contributed by atoms with van der Waals surface area (Å²) < 4.78 is 11.9. The predicted octanol–water partition coefficient (Wildman–Crippen LogP) is 9.39. The highest BCUT2D eigenvalue weighted by atomic mass is 35.5. The van der Waals surface area contributed by atoms with Crippen LogP contribution in [0.5, 0.6) is 0 Å². The van der Waals surface area contributed by atoms with Crippen molar-refractivity contribution in [2.24, 2.45) is 0 Å². The van der Waals surface area contributed by atoms with Gasteiger partial charge in [-0.2, -0.15) is 0 Å². The molecular formula is C21H42ClF. The second-order valence-electron chi connectivity index (χ2n) is 4.12. The average molecular weight is 349 g/mol. The number of halogens is 2. The van der Waals surface area contributed by atoms with Crippen LogP contribution in [0.3, 0.4) is 0 Å². The van der Waals surface area contributed by atoms with Crippen LogP contribution in [0.2, 0.25) is 0 Å². The van der Waals surface area contributed by atoms with Crippen LogP contribution < -0.4 is 0 Å². The van der Waals surface area contributed by atoms with Crippen molar-refractivity contribution in [2.45, 2.75) is 89.5 Å². The Kier molecular flexibility index (Phi) is 48.3. The summed E-state index contributed by atoms with van der Waals surface area (Å²) in [7, 11) is 0. The Morgan fingerprint density at radius 3 is 1.30 bits per heavy atom. The van der Waals surface area contributed by atoms with Crippen molar-refractivity contribution in [3.63, 3.8) is 0 Å². The third-order valence-electron chi connectivity index (χ3n) is 1.80. The molecule has 0 aliphatic heterocycles. The van der Waals surface area contributed by atoms with Crippen LogP contribution >= 0.6 is 11.6 Å². The van der Waals surface area contributed by atoms with Gasteiger partial charge in [-0.15, -0.1) is 0 Å². The highest BCUT2D eigenvalue weighted by Crippen LogP contribution is 2.02. The topological polar surface area (TPSA) is 0 Å². The lowest BCUT2D eigenvalue weighted by molar-refractivity contribution is 0.640. The number of rotatable bonds is 3. The molecule has 0 fully saturated rings. The second-order valence-corrected chi connectivity index (χ2v) is 4.71. The van der Waals surface area contributed by atoms with Gasteiger partial charge in [0.1, 0.15) is 0 Å². The first-order valence-corrected chi connectivity index (χ1v) is 9.14. The van der Waals surface area contributed by atoms with Gasteiger partial charge in [0.2, 0.25) is 0 Å². The molecule has 0 N–H and O–H groups in total. The maximum atomic E-state index is 11.9. The molecule has 0 bridgehead atoms. The molecule has 0 atom stereocenters. The molecular weight excluding hydrogens is 307 g/mol. The lowest BCUT2D eigenvalue weighted by Crippen LogP contribution is -1.67. The van der Waals surface area contributed by atoms with E-state index in [1.807, 2.05) is 74.5 Å². The molecule has 0 unspecified atom stereocenters. The molecule has 0 aromatic carbocycles. The number of hydrogen-bond acceptors (Lipinski definition) is 0. The average Bonchev–Trinajstić information content (AvgIpc) is 2.56. The van der Waals surface area contributed by atoms with Gasteiger partial charge in [-0.3, -0.25) is 0 Å². The van der Waals surface area contributed by atoms with E-state index in [1.165, 1.54) is 18.6 Å². The molecule has 0 saturated carbocycles. The summed E-state index contributed by atoms with van der Waals surface area (Å²) in [6.45, 7) is 23.4. The van der Waals surface area contributed by atoms with Crippen molar-refractivity contribution in [3.8, 4) is 0 Å². The minimum Gasteiger partial charge on any atom is -0.212 e. The third kappa shape index (κ3) is 62.3. The monoisotopic (exact) mass is 348 g/mol. The maximum absolute atomic E-state index is 11.9. The largest absolute Gasteiger partial charge is 0.212 e. The summed E-state index contributed by atoms with van der Waals surface area (Å²) in [5, 5.41) is 0.836. The first-order valence-electron chi connectivity index (χ1n) is 8.76. The first-order chi connectivity index (χ1) is 10.8. The van der Waals surface area contributed by atoms with Gasteiger partial charge in [0.25, 0.3) is 0 Å². The van der Waals surface area contributed by atoms with Gasteiger partial charge in [0.15, 0.2) is 0 Å². The quantitative estimate of drug-likeness (QED) is 0.445. The SMILES string of the molecule is CC.CC.CC.CC(C)=C/C=C(\C)F.CC/C(C)=C\C=C(/C)Cl. The third-order valence-corrected chi connectivity index (χ3v) is 1.93. The summed E-state index contributed by atoms with van der Waals surface area (Å²) >= 11 is 5.60. The zero-order valence-electron chi connectivity index (χ0n) is 17.8. The van der Waals surface area contributed by atoms with Crippen LogP contribution in [0.4, 0.5) is 4.39 Å². The van der Waals surface area contributed by atoms with Gasteiger partial charge in [0.05, 0.1) is 5.83 Å². The molecule has 0 radical (unpaired) electrons. The summed E-state index contributed by atoms with van der Waals surface area (Å²) in [6.07, 6.45) is 8.26. The highest BCUT2D eigenvalue weighted by molar-refractivity contribution is 6.29. The van der Waals surface area contributed by atoms with E-state index in [0.717, 1.165) is 17.0 Å². The lowest BCUT2D eigenvalue weighted by atomic mass is 10.2. The van der Waals surface area contributed by atoms with Crippen molar-refractivity contribution >= 4 is 11.6 Å². The van der Waals surface area contributed by atoms with E-state index in [-0.39, 0.29) is 5.83 Å². The number of hydrogen-bond donors (Lipinski definition) is 0. The van der Waals surface area contributed by atoms with Gasteiger partial charge in [-0.05, 0) is 53.2 Å². The number of allylic oxidation sites excluding steroid dienone is 8. The van der Waals surface area contributed by atoms with E-state index in [1.54, 1.807) is 6.08 Å². The van der Waals surface area contributed by atoms with Crippen molar-refractivity contribution in [1.82, 2.24) is 0 Å². The summed E-state index contributed by atoms with van der Waals surface area (Å²) in [6, 6.07) is 0.